The van der Waals surface area contributed by atoms with Gasteiger partial charge in [0.2, 0.25) is 0 Å². The molecule has 2 aromatic rings. The van der Waals surface area contributed by atoms with Crippen LogP contribution in [0.2, 0.25) is 0 Å². The van der Waals surface area contributed by atoms with Crippen molar-refractivity contribution in [3.63, 3.8) is 0 Å². The predicted molar refractivity (Wildman–Crippen MR) is 107 cm³/mol. The summed E-state index contributed by atoms with van der Waals surface area (Å²) in [6.07, 6.45) is -3.49. The number of aromatic nitrogens is 3. The predicted octanol–water partition coefficient (Wildman–Crippen LogP) is 0.255. The zero-order chi connectivity index (χ0) is 22.0. The van der Waals surface area contributed by atoms with Crippen LogP contribution in [0.4, 0.5) is 10.7 Å². The number of carbonyl (C=O) groups is 1. The van der Waals surface area contributed by atoms with Crippen molar-refractivity contribution >= 4 is 40.1 Å². The van der Waals surface area contributed by atoms with Crippen molar-refractivity contribution in [2.75, 3.05) is 20.7 Å². The minimum absolute atomic E-state index is 0.108. The normalized spacial score (nSPS) is 24.1. The number of hydrogen-bond acceptors (Lipinski definition) is 11. The summed E-state index contributed by atoms with van der Waals surface area (Å²) >= 11 is 0.865. The van der Waals surface area contributed by atoms with Crippen LogP contribution in [0.15, 0.2) is 16.0 Å². The zero-order valence-electron chi connectivity index (χ0n) is 16.8. The lowest BCUT2D eigenvalue weighted by molar-refractivity contribution is -0.0673. The third kappa shape index (κ3) is 4.59. The minimum Gasteiger partial charge on any atom is -0.432 e. The van der Waals surface area contributed by atoms with E-state index in [1.807, 2.05) is 0 Å². The minimum atomic E-state index is -1.38. The lowest BCUT2D eigenvalue weighted by atomic mass is 10.1. The van der Waals surface area contributed by atoms with Crippen LogP contribution in [0.1, 0.15) is 20.1 Å². The molecule has 13 heteroatoms. The Balaban J connectivity index is 2.02. The van der Waals surface area contributed by atoms with Crippen LogP contribution in [0, 0.1) is 0 Å². The zero-order valence-corrected chi connectivity index (χ0v) is 17.6. The largest absolute Gasteiger partial charge is 0.509 e. The summed E-state index contributed by atoms with van der Waals surface area (Å²) in [6, 6.07) is 0. The van der Waals surface area contributed by atoms with Crippen LogP contribution < -0.4 is 4.87 Å². The fraction of sp³-hybridized carbons (Fsp3) is 0.588. The highest BCUT2D eigenvalue weighted by Gasteiger charge is 2.48. The van der Waals surface area contributed by atoms with Gasteiger partial charge in [-0.2, -0.15) is 4.98 Å². The average molecular weight is 441 g/mol. The molecule has 0 bridgehead atoms. The van der Waals surface area contributed by atoms with Gasteiger partial charge in [-0.05, 0) is 13.8 Å². The Morgan fingerprint density at radius 1 is 1.50 bits per heavy atom. The van der Waals surface area contributed by atoms with Gasteiger partial charge < -0.3 is 29.3 Å². The smallest absolute Gasteiger partial charge is 0.432 e. The molecule has 0 radical (unpaired) electrons. The summed E-state index contributed by atoms with van der Waals surface area (Å²) in [4.78, 5) is 38.4. The van der Waals surface area contributed by atoms with Crippen LogP contribution in [0.3, 0.4) is 0 Å². The van der Waals surface area contributed by atoms with Crippen LogP contribution in [-0.2, 0) is 14.2 Å². The molecule has 30 heavy (non-hydrogen) atoms. The second-order valence-electron chi connectivity index (χ2n) is 7.04. The topological polar surface area (TPSA) is 149 Å². The molecule has 1 saturated heterocycles. The summed E-state index contributed by atoms with van der Waals surface area (Å²) < 4.78 is 17.4. The van der Waals surface area contributed by atoms with E-state index in [9.17, 15) is 19.8 Å². The van der Waals surface area contributed by atoms with E-state index < -0.39 is 48.3 Å². The molecule has 0 amide bonds. The summed E-state index contributed by atoms with van der Waals surface area (Å²) in [5.41, 5.74) is 0.201. The van der Waals surface area contributed by atoms with Gasteiger partial charge in [0.15, 0.2) is 18.0 Å². The Kier molecular flexibility index (Phi) is 6.65. The molecule has 164 valence electrons. The van der Waals surface area contributed by atoms with E-state index in [1.54, 1.807) is 32.8 Å². The number of thiazole rings is 1. The fourth-order valence-corrected chi connectivity index (χ4v) is 3.63. The Hall–Kier alpha value is -2.61. The molecule has 1 fully saturated rings. The second-order valence-corrected chi connectivity index (χ2v) is 8.03. The van der Waals surface area contributed by atoms with E-state index in [-0.39, 0.29) is 11.6 Å². The molecule has 2 N–H and O–H groups in total. The monoisotopic (exact) mass is 441 g/mol. The van der Waals surface area contributed by atoms with Crippen molar-refractivity contribution in [1.82, 2.24) is 19.4 Å². The van der Waals surface area contributed by atoms with Gasteiger partial charge in [-0.3, -0.25) is 9.36 Å². The molecule has 2 aromatic heterocycles. The quantitative estimate of drug-likeness (QED) is 0.363. The first-order chi connectivity index (χ1) is 14.2. The first-order valence-corrected chi connectivity index (χ1v) is 9.93. The van der Waals surface area contributed by atoms with E-state index >= 15 is 0 Å². The van der Waals surface area contributed by atoms with Crippen molar-refractivity contribution in [2.45, 2.75) is 44.5 Å². The maximum absolute atomic E-state index is 12.7. The standard InChI is InChI=1S/C17H23N5O7S/c1-8(2)27-17(26)29-12-11(24)9(6-23)28-14(12)22-13-10(30-16(22)25)5-18-15(20-13)19-7-21(3)4/h5,7-9,11-12,14,23-24H,6H2,1-4H3/t9-,11+,12-,14-/m1/s1. The molecule has 3 rings (SSSR count). The van der Waals surface area contributed by atoms with E-state index in [1.165, 1.54) is 12.5 Å². The SMILES string of the molecule is CC(C)OC(=O)O[C@@H]1[C@@H](O)[C@@H](CO)O[C@H]1n1c(=O)sc2cnc(N=CN(C)C)nc21. The highest BCUT2D eigenvalue weighted by molar-refractivity contribution is 7.16. The van der Waals surface area contributed by atoms with Gasteiger partial charge in [0.25, 0.3) is 5.95 Å². The van der Waals surface area contributed by atoms with Crippen molar-refractivity contribution < 1.29 is 29.2 Å². The van der Waals surface area contributed by atoms with Gasteiger partial charge in [-0.15, -0.1) is 0 Å². The fourth-order valence-electron chi connectivity index (χ4n) is 2.82. The van der Waals surface area contributed by atoms with Crippen LogP contribution in [-0.4, -0.2) is 87.3 Å². The second kappa shape index (κ2) is 9.04. The van der Waals surface area contributed by atoms with Crippen molar-refractivity contribution in [3.8, 4) is 0 Å². The number of nitrogens with zero attached hydrogens (tertiary/aromatic N) is 5. The van der Waals surface area contributed by atoms with Gasteiger partial charge >= 0.3 is 11.0 Å². The molecule has 0 aromatic carbocycles. The van der Waals surface area contributed by atoms with Crippen LogP contribution in [0.5, 0.6) is 0 Å². The molecule has 0 spiro atoms. The molecule has 4 atom stereocenters. The molecule has 0 unspecified atom stereocenters. The summed E-state index contributed by atoms with van der Waals surface area (Å²) in [5.74, 6) is 0.108. The number of aliphatic hydroxyl groups excluding tert-OH is 2. The van der Waals surface area contributed by atoms with Crippen molar-refractivity contribution in [3.05, 3.63) is 15.9 Å². The molecule has 1 aliphatic heterocycles. The van der Waals surface area contributed by atoms with Gasteiger partial charge in [-0.1, -0.05) is 11.3 Å². The van der Waals surface area contributed by atoms with E-state index in [0.29, 0.717) is 4.70 Å². The maximum Gasteiger partial charge on any atom is 0.509 e. The molecular formula is C17H23N5O7S. The molecule has 0 saturated carbocycles. The Morgan fingerprint density at radius 3 is 2.87 bits per heavy atom. The number of aliphatic hydroxyl groups is 2. The Morgan fingerprint density at radius 2 is 2.23 bits per heavy atom. The molecule has 0 aliphatic carbocycles. The number of carbonyl (C=O) groups excluding carboxylic acids is 1. The third-order valence-electron chi connectivity index (χ3n) is 4.06. The first kappa shape index (κ1) is 22.1. The number of hydrogen-bond donors (Lipinski definition) is 2. The van der Waals surface area contributed by atoms with E-state index in [2.05, 4.69) is 15.0 Å². The van der Waals surface area contributed by atoms with Gasteiger partial charge in [0.05, 0.1) is 29.9 Å². The highest BCUT2D eigenvalue weighted by Crippen LogP contribution is 2.34. The Bertz CT molecular complexity index is 989. The maximum atomic E-state index is 12.7. The van der Waals surface area contributed by atoms with Gasteiger partial charge in [-0.25, -0.2) is 14.8 Å². The summed E-state index contributed by atoms with van der Waals surface area (Å²) in [5, 5.41) is 20.0. The third-order valence-corrected chi connectivity index (χ3v) is 4.94. The number of ether oxygens (including phenoxy) is 3. The number of fused-ring (bicyclic) bond motifs is 1. The molecule has 12 nitrogen and oxygen atoms in total. The molecule has 3 heterocycles. The van der Waals surface area contributed by atoms with Gasteiger partial charge in [0, 0.05) is 14.1 Å². The number of rotatable bonds is 6. The lowest BCUT2D eigenvalue weighted by Crippen LogP contribution is -2.38. The highest BCUT2D eigenvalue weighted by atomic mass is 32.1. The Labute approximate surface area is 175 Å². The van der Waals surface area contributed by atoms with E-state index in [4.69, 9.17) is 14.2 Å². The van der Waals surface area contributed by atoms with Gasteiger partial charge in [0.1, 0.15) is 12.2 Å². The average Bonchev–Trinajstić information content (AvgIpc) is 3.15. The first-order valence-electron chi connectivity index (χ1n) is 9.11. The number of aliphatic imine (C=N–C) groups is 1. The van der Waals surface area contributed by atoms with Crippen LogP contribution in [0.25, 0.3) is 10.3 Å². The summed E-state index contributed by atoms with van der Waals surface area (Å²) in [7, 11) is 3.56. The van der Waals surface area contributed by atoms with E-state index in [0.717, 1.165) is 15.9 Å². The van der Waals surface area contributed by atoms with Crippen LogP contribution >= 0.6 is 11.3 Å². The lowest BCUT2D eigenvalue weighted by Gasteiger charge is -2.21. The van der Waals surface area contributed by atoms with Crippen molar-refractivity contribution in [2.24, 2.45) is 4.99 Å². The molecule has 1 aliphatic rings. The summed E-state index contributed by atoms with van der Waals surface area (Å²) in [6.45, 7) is 2.74. The van der Waals surface area contributed by atoms with Crippen molar-refractivity contribution in [1.29, 1.82) is 0 Å². The molecular weight excluding hydrogens is 418 g/mol.